The van der Waals surface area contributed by atoms with Crippen LogP contribution in [0.25, 0.3) is 0 Å². The van der Waals surface area contributed by atoms with Gasteiger partial charge in [-0.15, -0.1) is 0 Å². The van der Waals surface area contributed by atoms with Gasteiger partial charge in [0.1, 0.15) is 0 Å². The van der Waals surface area contributed by atoms with Crippen molar-refractivity contribution in [2.24, 2.45) is 16.8 Å². The fourth-order valence-corrected chi connectivity index (χ4v) is 4.91. The third kappa shape index (κ3) is 6.18. The normalized spacial score (nSPS) is 27.5. The van der Waals surface area contributed by atoms with Crippen LogP contribution in [0.3, 0.4) is 0 Å². The SMILES string of the molecule is CCC1CN(C(=NC)NCC2CCCN(CC(C)C)C2)CCS1. The molecular formula is C18H36N4S. The minimum Gasteiger partial charge on any atom is -0.356 e. The Kier molecular flexibility index (Phi) is 8.04. The summed E-state index contributed by atoms with van der Waals surface area (Å²) in [4.78, 5) is 9.65. The van der Waals surface area contributed by atoms with E-state index in [9.17, 15) is 0 Å². The number of rotatable bonds is 5. The molecule has 1 N–H and O–H groups in total. The van der Waals surface area contributed by atoms with Crippen molar-refractivity contribution in [2.45, 2.75) is 45.3 Å². The van der Waals surface area contributed by atoms with Gasteiger partial charge in [-0.1, -0.05) is 20.8 Å². The Morgan fingerprint density at radius 2 is 2.13 bits per heavy atom. The number of guanidine groups is 1. The highest BCUT2D eigenvalue weighted by atomic mass is 32.2. The van der Waals surface area contributed by atoms with Crippen LogP contribution in [0.5, 0.6) is 0 Å². The Bertz CT molecular complexity index is 372. The van der Waals surface area contributed by atoms with Crippen molar-refractivity contribution >= 4 is 17.7 Å². The molecule has 0 aromatic rings. The fourth-order valence-electron chi connectivity index (χ4n) is 3.73. The maximum absolute atomic E-state index is 4.54. The zero-order valence-corrected chi connectivity index (χ0v) is 16.4. The van der Waals surface area contributed by atoms with E-state index in [4.69, 9.17) is 0 Å². The van der Waals surface area contributed by atoms with Crippen molar-refractivity contribution in [3.05, 3.63) is 0 Å². The van der Waals surface area contributed by atoms with E-state index in [0.717, 1.165) is 42.7 Å². The summed E-state index contributed by atoms with van der Waals surface area (Å²) in [7, 11) is 1.93. The molecule has 0 aromatic carbocycles. The summed E-state index contributed by atoms with van der Waals surface area (Å²) in [6.45, 7) is 14.1. The molecule has 2 atom stereocenters. The van der Waals surface area contributed by atoms with Gasteiger partial charge in [0, 0.05) is 50.8 Å². The number of thioether (sulfide) groups is 1. The van der Waals surface area contributed by atoms with E-state index in [1.165, 1.54) is 44.6 Å². The Morgan fingerprint density at radius 3 is 2.83 bits per heavy atom. The molecule has 134 valence electrons. The van der Waals surface area contributed by atoms with Gasteiger partial charge in [0.2, 0.25) is 0 Å². The van der Waals surface area contributed by atoms with E-state index in [1.807, 2.05) is 7.05 Å². The quantitative estimate of drug-likeness (QED) is 0.616. The van der Waals surface area contributed by atoms with Gasteiger partial charge in [-0.2, -0.15) is 11.8 Å². The second-order valence-electron chi connectivity index (χ2n) is 7.44. The van der Waals surface area contributed by atoms with Gasteiger partial charge in [-0.3, -0.25) is 4.99 Å². The molecule has 0 spiro atoms. The van der Waals surface area contributed by atoms with Crippen LogP contribution in [0.1, 0.15) is 40.0 Å². The third-order valence-electron chi connectivity index (χ3n) is 4.88. The topological polar surface area (TPSA) is 30.9 Å². The fraction of sp³-hybridized carbons (Fsp3) is 0.944. The molecule has 2 aliphatic heterocycles. The van der Waals surface area contributed by atoms with Crippen LogP contribution >= 0.6 is 11.8 Å². The Balaban J connectivity index is 1.78. The zero-order chi connectivity index (χ0) is 16.7. The maximum atomic E-state index is 4.54. The monoisotopic (exact) mass is 340 g/mol. The summed E-state index contributed by atoms with van der Waals surface area (Å²) in [5.74, 6) is 3.88. The average Bonchev–Trinajstić information content (AvgIpc) is 2.55. The zero-order valence-electron chi connectivity index (χ0n) is 15.6. The minimum absolute atomic E-state index is 0.763. The highest BCUT2D eigenvalue weighted by Crippen LogP contribution is 2.21. The van der Waals surface area contributed by atoms with E-state index in [2.05, 4.69) is 52.6 Å². The van der Waals surface area contributed by atoms with E-state index in [1.54, 1.807) is 0 Å². The van der Waals surface area contributed by atoms with Crippen molar-refractivity contribution in [3.63, 3.8) is 0 Å². The van der Waals surface area contributed by atoms with E-state index in [0.29, 0.717) is 0 Å². The van der Waals surface area contributed by atoms with Crippen LogP contribution in [0, 0.1) is 11.8 Å². The van der Waals surface area contributed by atoms with Gasteiger partial charge in [0.25, 0.3) is 0 Å². The Labute approximate surface area is 147 Å². The van der Waals surface area contributed by atoms with Crippen LogP contribution < -0.4 is 5.32 Å². The molecule has 0 bridgehead atoms. The first-order valence-corrected chi connectivity index (χ1v) is 10.5. The lowest BCUT2D eigenvalue weighted by molar-refractivity contribution is 0.159. The maximum Gasteiger partial charge on any atom is 0.193 e. The predicted octanol–water partition coefficient (Wildman–Crippen LogP) is 2.76. The largest absolute Gasteiger partial charge is 0.356 e. The second kappa shape index (κ2) is 9.77. The number of aliphatic imine (C=N–C) groups is 1. The molecule has 0 amide bonds. The molecule has 0 saturated carbocycles. The summed E-state index contributed by atoms with van der Waals surface area (Å²) in [5.41, 5.74) is 0. The van der Waals surface area contributed by atoms with Crippen LogP contribution in [0.2, 0.25) is 0 Å². The summed E-state index contributed by atoms with van der Waals surface area (Å²) < 4.78 is 0. The van der Waals surface area contributed by atoms with Crippen LogP contribution in [0.15, 0.2) is 4.99 Å². The smallest absolute Gasteiger partial charge is 0.193 e. The molecule has 2 rings (SSSR count). The van der Waals surface area contributed by atoms with Crippen molar-refractivity contribution in [1.82, 2.24) is 15.1 Å². The number of nitrogens with one attached hydrogen (secondary N) is 1. The minimum atomic E-state index is 0.763. The van der Waals surface area contributed by atoms with Crippen LogP contribution in [-0.4, -0.2) is 73.1 Å². The molecule has 0 aliphatic carbocycles. The van der Waals surface area contributed by atoms with Gasteiger partial charge >= 0.3 is 0 Å². The number of piperidine rings is 1. The Morgan fingerprint density at radius 1 is 1.30 bits per heavy atom. The number of nitrogens with zero attached hydrogens (tertiary/aromatic N) is 3. The predicted molar refractivity (Wildman–Crippen MR) is 103 cm³/mol. The summed E-state index contributed by atoms with van der Waals surface area (Å²) in [5, 5.41) is 4.43. The average molecular weight is 341 g/mol. The highest BCUT2D eigenvalue weighted by Gasteiger charge is 2.24. The molecule has 5 heteroatoms. The molecule has 2 saturated heterocycles. The lowest BCUT2D eigenvalue weighted by atomic mass is 9.97. The first-order chi connectivity index (χ1) is 11.1. The molecule has 2 heterocycles. The van der Waals surface area contributed by atoms with E-state index < -0.39 is 0 Å². The number of hydrogen-bond donors (Lipinski definition) is 1. The molecule has 2 fully saturated rings. The molecule has 4 nitrogen and oxygen atoms in total. The standard InChI is InChI=1S/C18H36N4S/c1-5-17-14-22(9-10-23-17)18(19-4)20-11-16-7-6-8-21(13-16)12-15(2)3/h15-17H,5-14H2,1-4H3,(H,19,20). The van der Waals surface area contributed by atoms with Crippen LogP contribution in [-0.2, 0) is 0 Å². The van der Waals surface area contributed by atoms with Gasteiger partial charge in [0.15, 0.2) is 5.96 Å². The van der Waals surface area contributed by atoms with Crippen molar-refractivity contribution in [3.8, 4) is 0 Å². The second-order valence-corrected chi connectivity index (χ2v) is 8.85. The molecule has 0 aromatic heterocycles. The Hall–Kier alpha value is -0.420. The summed E-state index contributed by atoms with van der Waals surface area (Å²) in [6, 6.07) is 0. The van der Waals surface area contributed by atoms with Crippen molar-refractivity contribution in [2.75, 3.05) is 52.1 Å². The molecule has 23 heavy (non-hydrogen) atoms. The van der Waals surface area contributed by atoms with Crippen molar-refractivity contribution < 1.29 is 0 Å². The van der Waals surface area contributed by atoms with Crippen LogP contribution in [0.4, 0.5) is 0 Å². The number of hydrogen-bond acceptors (Lipinski definition) is 3. The first kappa shape index (κ1) is 18.9. The summed E-state index contributed by atoms with van der Waals surface area (Å²) >= 11 is 2.12. The number of likely N-dealkylation sites (tertiary alicyclic amines) is 1. The van der Waals surface area contributed by atoms with Gasteiger partial charge < -0.3 is 15.1 Å². The van der Waals surface area contributed by atoms with Gasteiger partial charge in [-0.05, 0) is 37.6 Å². The molecule has 2 unspecified atom stereocenters. The third-order valence-corrected chi connectivity index (χ3v) is 6.25. The van der Waals surface area contributed by atoms with Crippen molar-refractivity contribution in [1.29, 1.82) is 0 Å². The molecule has 0 radical (unpaired) electrons. The lowest BCUT2D eigenvalue weighted by Gasteiger charge is -2.37. The molecule has 2 aliphatic rings. The van der Waals surface area contributed by atoms with E-state index in [-0.39, 0.29) is 0 Å². The van der Waals surface area contributed by atoms with Gasteiger partial charge in [-0.25, -0.2) is 0 Å². The summed E-state index contributed by atoms with van der Waals surface area (Å²) in [6.07, 6.45) is 3.95. The highest BCUT2D eigenvalue weighted by molar-refractivity contribution is 8.00. The lowest BCUT2D eigenvalue weighted by Crippen LogP contribution is -2.50. The molecular weight excluding hydrogens is 304 g/mol. The van der Waals surface area contributed by atoms with Gasteiger partial charge in [0.05, 0.1) is 0 Å². The first-order valence-electron chi connectivity index (χ1n) is 9.41. The van der Waals surface area contributed by atoms with E-state index >= 15 is 0 Å².